The molecule has 0 amide bonds. The molecule has 2 atom stereocenters. The van der Waals surface area contributed by atoms with Crippen LogP contribution in [0.5, 0.6) is 5.75 Å². The highest BCUT2D eigenvalue weighted by atomic mass is 32.2. The van der Waals surface area contributed by atoms with Crippen LogP contribution in [-0.2, 0) is 10.0 Å². The van der Waals surface area contributed by atoms with Gasteiger partial charge in [-0.15, -0.1) is 0 Å². The highest BCUT2D eigenvalue weighted by Gasteiger charge is 2.42. The van der Waals surface area contributed by atoms with E-state index in [0.717, 1.165) is 40.3 Å². The quantitative estimate of drug-likeness (QED) is 0.275. The molecular formula is C28H28N4O4S2. The molecular weight excluding hydrogens is 520 g/mol. The maximum atomic E-state index is 11.8. The Labute approximate surface area is 227 Å². The van der Waals surface area contributed by atoms with Gasteiger partial charge in [0.2, 0.25) is 10.0 Å². The lowest BCUT2D eigenvalue weighted by Gasteiger charge is -2.26. The van der Waals surface area contributed by atoms with Gasteiger partial charge in [-0.05, 0) is 98.4 Å². The number of hydrogen-bond donors (Lipinski definition) is 2. The third-order valence-corrected chi connectivity index (χ3v) is 7.15. The third kappa shape index (κ3) is 5.36. The minimum Gasteiger partial charge on any atom is -0.494 e. The lowest BCUT2D eigenvalue weighted by molar-refractivity contribution is 0.340. The van der Waals surface area contributed by atoms with Crippen molar-refractivity contribution in [3.05, 3.63) is 96.0 Å². The van der Waals surface area contributed by atoms with Crippen LogP contribution in [0.1, 0.15) is 36.0 Å². The van der Waals surface area contributed by atoms with E-state index in [1.807, 2.05) is 85.5 Å². The molecule has 2 N–H and O–H groups in total. The summed E-state index contributed by atoms with van der Waals surface area (Å²) in [7, 11) is -3.40. The molecule has 5 rings (SSSR count). The maximum absolute atomic E-state index is 11.8. The second-order valence-electron chi connectivity index (χ2n) is 9.03. The fraction of sp³-hybridized carbons (Fsp3) is 0.214. The van der Waals surface area contributed by atoms with Gasteiger partial charge in [-0.25, -0.2) is 8.42 Å². The van der Waals surface area contributed by atoms with Crippen molar-refractivity contribution in [2.45, 2.75) is 25.9 Å². The first-order valence-corrected chi connectivity index (χ1v) is 14.5. The molecule has 10 heteroatoms. The summed E-state index contributed by atoms with van der Waals surface area (Å²) < 4.78 is 38.1. The molecule has 0 bridgehead atoms. The van der Waals surface area contributed by atoms with Crippen molar-refractivity contribution < 1.29 is 17.6 Å². The second-order valence-corrected chi connectivity index (χ2v) is 11.2. The number of benzene rings is 2. The van der Waals surface area contributed by atoms with Crippen molar-refractivity contribution in [2.75, 3.05) is 22.5 Å². The van der Waals surface area contributed by atoms with E-state index in [1.54, 1.807) is 12.3 Å². The molecule has 3 heterocycles. The number of ether oxygens (including phenoxy) is 1. The average molecular weight is 549 g/mol. The Morgan fingerprint density at radius 2 is 1.89 bits per heavy atom. The van der Waals surface area contributed by atoms with Crippen LogP contribution in [0, 0.1) is 6.92 Å². The topological polar surface area (TPSA) is 96.7 Å². The predicted molar refractivity (Wildman–Crippen MR) is 153 cm³/mol. The number of thiocarbonyl (C=S) groups is 1. The van der Waals surface area contributed by atoms with E-state index >= 15 is 0 Å². The second kappa shape index (κ2) is 10.5. The molecule has 38 heavy (non-hydrogen) atoms. The number of sulfonamides is 1. The third-order valence-electron chi connectivity index (χ3n) is 6.25. The number of nitrogens with one attached hydrogen (secondary N) is 2. The average Bonchev–Trinajstić information content (AvgIpc) is 3.50. The Bertz CT molecular complexity index is 1550. The Kier molecular flexibility index (Phi) is 7.09. The summed E-state index contributed by atoms with van der Waals surface area (Å²) in [6, 6.07) is 22.4. The van der Waals surface area contributed by atoms with E-state index in [4.69, 9.17) is 21.4 Å². The maximum Gasteiger partial charge on any atom is 0.229 e. The van der Waals surface area contributed by atoms with Crippen LogP contribution in [0.3, 0.4) is 0 Å². The number of anilines is 2. The molecule has 0 radical (unpaired) electrons. The lowest BCUT2D eigenvalue weighted by Crippen LogP contribution is -2.29. The van der Waals surface area contributed by atoms with E-state index in [-0.39, 0.29) is 12.1 Å². The van der Waals surface area contributed by atoms with E-state index in [1.165, 1.54) is 0 Å². The number of pyridine rings is 1. The van der Waals surface area contributed by atoms with E-state index in [9.17, 15) is 8.42 Å². The van der Waals surface area contributed by atoms with Gasteiger partial charge in [-0.3, -0.25) is 9.71 Å². The summed E-state index contributed by atoms with van der Waals surface area (Å²) in [6.07, 6.45) is 2.88. The fourth-order valence-corrected chi connectivity index (χ4v) is 5.56. The molecule has 2 aromatic carbocycles. The summed E-state index contributed by atoms with van der Waals surface area (Å²) in [6.45, 7) is 4.41. The molecule has 0 unspecified atom stereocenters. The molecule has 8 nitrogen and oxygen atoms in total. The predicted octanol–water partition coefficient (Wildman–Crippen LogP) is 5.60. The summed E-state index contributed by atoms with van der Waals surface area (Å²) >= 11 is 5.80. The number of hydrogen-bond acceptors (Lipinski definition) is 6. The number of aromatic nitrogens is 1. The first-order chi connectivity index (χ1) is 18.2. The summed E-state index contributed by atoms with van der Waals surface area (Å²) in [5.41, 5.74) is 3.85. The molecule has 1 saturated heterocycles. The molecule has 2 aromatic heterocycles. The van der Waals surface area contributed by atoms with Crippen LogP contribution in [0.25, 0.3) is 11.3 Å². The van der Waals surface area contributed by atoms with Crippen molar-refractivity contribution in [2.24, 2.45) is 0 Å². The first-order valence-electron chi connectivity index (χ1n) is 12.2. The zero-order valence-corrected chi connectivity index (χ0v) is 22.8. The van der Waals surface area contributed by atoms with Crippen LogP contribution in [0.2, 0.25) is 0 Å². The van der Waals surface area contributed by atoms with Crippen molar-refractivity contribution in [3.8, 4) is 17.1 Å². The number of rotatable bonds is 8. The first kappa shape index (κ1) is 25.7. The Balaban J connectivity index is 1.54. The molecule has 196 valence electrons. The summed E-state index contributed by atoms with van der Waals surface area (Å²) in [5, 5.41) is 3.94. The number of aryl methyl sites for hydroxylation is 1. The van der Waals surface area contributed by atoms with Gasteiger partial charge >= 0.3 is 0 Å². The molecule has 4 aromatic rings. The Hall–Kier alpha value is -3.89. The highest BCUT2D eigenvalue weighted by Crippen LogP contribution is 2.43. The lowest BCUT2D eigenvalue weighted by atomic mass is 10.0. The molecule has 0 saturated carbocycles. The van der Waals surface area contributed by atoms with Gasteiger partial charge in [-0.2, -0.15) is 0 Å². The van der Waals surface area contributed by atoms with Gasteiger partial charge in [0.1, 0.15) is 23.3 Å². The Morgan fingerprint density at radius 3 is 2.55 bits per heavy atom. The molecule has 0 spiro atoms. The van der Waals surface area contributed by atoms with Gasteiger partial charge in [0.25, 0.3) is 0 Å². The van der Waals surface area contributed by atoms with Gasteiger partial charge in [0.15, 0.2) is 5.11 Å². The number of furan rings is 1. The van der Waals surface area contributed by atoms with E-state index in [2.05, 4.69) is 15.0 Å². The zero-order valence-electron chi connectivity index (χ0n) is 21.2. The summed E-state index contributed by atoms with van der Waals surface area (Å²) in [5.74, 6) is 2.25. The van der Waals surface area contributed by atoms with Gasteiger partial charge in [-0.1, -0.05) is 6.07 Å². The van der Waals surface area contributed by atoms with Crippen LogP contribution in [-0.4, -0.2) is 31.4 Å². The molecule has 1 aliphatic heterocycles. The highest BCUT2D eigenvalue weighted by molar-refractivity contribution is 7.92. The van der Waals surface area contributed by atoms with Crippen molar-refractivity contribution in [1.29, 1.82) is 0 Å². The molecule has 0 aliphatic carbocycles. The van der Waals surface area contributed by atoms with Crippen LogP contribution < -0.4 is 19.7 Å². The minimum absolute atomic E-state index is 0.267. The SMILES string of the molecule is CCOc1ccc(-c2ccc([C@@H]3[C@@H](c4ccccn4)NC(=S)N3c3ccc(NS(C)(=O)=O)c(C)c3)o2)cc1. The van der Waals surface area contributed by atoms with Crippen LogP contribution in [0.15, 0.2) is 83.4 Å². The van der Waals surface area contributed by atoms with Gasteiger partial charge < -0.3 is 19.4 Å². The molecule has 1 aliphatic rings. The monoisotopic (exact) mass is 548 g/mol. The number of nitrogens with zero attached hydrogens (tertiary/aromatic N) is 2. The van der Waals surface area contributed by atoms with Crippen LogP contribution >= 0.6 is 12.2 Å². The van der Waals surface area contributed by atoms with Crippen LogP contribution in [0.4, 0.5) is 11.4 Å². The van der Waals surface area contributed by atoms with Gasteiger partial charge in [0.05, 0.1) is 30.3 Å². The van der Waals surface area contributed by atoms with Crippen molar-refractivity contribution >= 4 is 38.7 Å². The van der Waals surface area contributed by atoms with Crippen molar-refractivity contribution in [1.82, 2.24) is 10.3 Å². The van der Waals surface area contributed by atoms with E-state index in [0.29, 0.717) is 23.2 Å². The zero-order chi connectivity index (χ0) is 26.9. The largest absolute Gasteiger partial charge is 0.494 e. The minimum atomic E-state index is -3.40. The standard InChI is InChI=1S/C28H28N4O4S2/c1-4-35-21-11-8-19(9-12-21)24-14-15-25(36-24)27-26(23-7-5-6-16-29-23)30-28(37)32(27)20-10-13-22(18(2)17-20)31-38(3,33)34/h5-17,26-27,31H,4H2,1-3H3,(H,30,37)/t26-,27-/m1/s1. The Morgan fingerprint density at radius 1 is 1.11 bits per heavy atom. The summed E-state index contributed by atoms with van der Waals surface area (Å²) in [4.78, 5) is 6.57. The van der Waals surface area contributed by atoms with Crippen molar-refractivity contribution in [3.63, 3.8) is 0 Å². The molecule has 1 fully saturated rings. The smallest absolute Gasteiger partial charge is 0.229 e. The van der Waals surface area contributed by atoms with Gasteiger partial charge in [0, 0.05) is 17.4 Å². The van der Waals surface area contributed by atoms with E-state index < -0.39 is 10.0 Å². The normalized spacial score (nSPS) is 17.3. The fourth-order valence-electron chi connectivity index (χ4n) is 4.58.